The zero-order valence-corrected chi connectivity index (χ0v) is 15.6. The van der Waals surface area contributed by atoms with Gasteiger partial charge >= 0.3 is 0 Å². The Morgan fingerprint density at radius 2 is 2.00 bits per heavy atom. The lowest BCUT2D eigenvalue weighted by Gasteiger charge is -2.34. The molecular formula is C20H19BrN2O2. The highest BCUT2D eigenvalue weighted by Gasteiger charge is 2.27. The Morgan fingerprint density at radius 3 is 2.88 bits per heavy atom. The predicted molar refractivity (Wildman–Crippen MR) is 102 cm³/mol. The van der Waals surface area contributed by atoms with Gasteiger partial charge in [0, 0.05) is 25.0 Å². The van der Waals surface area contributed by atoms with Crippen LogP contribution in [0.2, 0.25) is 0 Å². The normalized spacial score (nSPS) is 16.7. The number of halogens is 1. The summed E-state index contributed by atoms with van der Waals surface area (Å²) in [5.74, 6) is 0.708. The van der Waals surface area contributed by atoms with E-state index in [-0.39, 0.29) is 18.6 Å². The van der Waals surface area contributed by atoms with Crippen molar-refractivity contribution in [2.24, 2.45) is 0 Å². The zero-order chi connectivity index (χ0) is 17.4. The number of rotatable bonds is 3. The van der Waals surface area contributed by atoms with E-state index in [1.54, 1.807) is 0 Å². The van der Waals surface area contributed by atoms with E-state index < -0.39 is 0 Å². The molecule has 2 heterocycles. The van der Waals surface area contributed by atoms with Gasteiger partial charge in [-0.25, -0.2) is 0 Å². The lowest BCUT2D eigenvalue weighted by Crippen LogP contribution is -2.42. The molecule has 5 heteroatoms. The number of nitrogens with zero attached hydrogens (tertiary/aromatic N) is 2. The zero-order valence-electron chi connectivity index (χ0n) is 14.0. The van der Waals surface area contributed by atoms with E-state index in [1.807, 2.05) is 41.3 Å². The molecule has 0 saturated carbocycles. The van der Waals surface area contributed by atoms with Gasteiger partial charge in [0.1, 0.15) is 5.75 Å². The molecule has 0 radical (unpaired) electrons. The van der Waals surface area contributed by atoms with Gasteiger partial charge in [-0.1, -0.05) is 30.3 Å². The molecule has 2 aromatic carbocycles. The molecule has 4 nitrogen and oxygen atoms in total. The Hall–Kier alpha value is -2.27. The minimum absolute atomic E-state index is 0.0139. The average Bonchev–Trinajstić information content (AvgIpc) is 3.11. The first kappa shape index (κ1) is 16.2. The number of hydrogen-bond donors (Lipinski definition) is 0. The van der Waals surface area contributed by atoms with Gasteiger partial charge in [-0.15, -0.1) is 0 Å². The van der Waals surface area contributed by atoms with Crippen molar-refractivity contribution in [2.75, 3.05) is 13.2 Å². The highest BCUT2D eigenvalue weighted by Crippen LogP contribution is 2.33. The van der Waals surface area contributed by atoms with E-state index in [1.165, 1.54) is 5.69 Å². The molecule has 0 saturated heterocycles. The van der Waals surface area contributed by atoms with Crippen molar-refractivity contribution in [3.63, 3.8) is 0 Å². The van der Waals surface area contributed by atoms with E-state index >= 15 is 0 Å². The summed E-state index contributed by atoms with van der Waals surface area (Å²) in [5, 5.41) is 2.22. The lowest BCUT2D eigenvalue weighted by atomic mass is 10.1. The molecule has 4 rings (SSSR count). The van der Waals surface area contributed by atoms with Gasteiger partial charge in [0.05, 0.1) is 10.5 Å². The molecule has 1 aliphatic rings. The van der Waals surface area contributed by atoms with Crippen LogP contribution in [0.1, 0.15) is 18.7 Å². The molecule has 1 atom stereocenters. The summed E-state index contributed by atoms with van der Waals surface area (Å²) < 4.78 is 8.92. The molecule has 0 bridgehead atoms. The summed E-state index contributed by atoms with van der Waals surface area (Å²) in [4.78, 5) is 14.6. The molecule has 0 spiro atoms. The van der Waals surface area contributed by atoms with E-state index in [4.69, 9.17) is 4.74 Å². The van der Waals surface area contributed by atoms with Crippen molar-refractivity contribution < 1.29 is 9.53 Å². The van der Waals surface area contributed by atoms with Gasteiger partial charge in [-0.05, 0) is 51.8 Å². The second-order valence-corrected chi connectivity index (χ2v) is 7.07. The molecular weight excluding hydrogens is 380 g/mol. The first-order valence-electron chi connectivity index (χ1n) is 8.39. The molecule has 1 aliphatic heterocycles. The largest absolute Gasteiger partial charge is 0.483 e. The summed E-state index contributed by atoms with van der Waals surface area (Å²) in [6.45, 7) is 3.65. The van der Waals surface area contributed by atoms with Gasteiger partial charge in [0.2, 0.25) is 0 Å². The fraction of sp³-hybridized carbons (Fsp3) is 0.250. The van der Waals surface area contributed by atoms with Crippen LogP contribution in [0.4, 0.5) is 0 Å². The highest BCUT2D eigenvalue weighted by atomic mass is 79.9. The molecule has 128 valence electrons. The molecule has 0 aliphatic carbocycles. The van der Waals surface area contributed by atoms with Crippen LogP contribution in [-0.2, 0) is 11.3 Å². The van der Waals surface area contributed by atoms with Crippen LogP contribution >= 0.6 is 15.9 Å². The summed E-state index contributed by atoms with van der Waals surface area (Å²) >= 11 is 3.60. The maximum absolute atomic E-state index is 12.7. The maximum atomic E-state index is 12.7. The number of amides is 1. The van der Waals surface area contributed by atoms with Crippen LogP contribution in [0.5, 0.6) is 5.75 Å². The number of ether oxygens (including phenoxy) is 1. The van der Waals surface area contributed by atoms with Crippen LogP contribution in [0.3, 0.4) is 0 Å². The fourth-order valence-electron chi connectivity index (χ4n) is 3.47. The standard InChI is InChI=1S/C20H19BrN2O2/c1-14-17-7-4-10-22(17)11-12-23(14)19(24)13-25-18-9-8-15-5-2-3-6-16(15)20(18)21/h2-10,14H,11-13H2,1H3/t14-/m1/s1. The smallest absolute Gasteiger partial charge is 0.261 e. The molecule has 0 fully saturated rings. The van der Waals surface area contributed by atoms with Gasteiger partial charge < -0.3 is 14.2 Å². The lowest BCUT2D eigenvalue weighted by molar-refractivity contribution is -0.136. The van der Waals surface area contributed by atoms with E-state index in [2.05, 4.69) is 45.8 Å². The third kappa shape index (κ3) is 2.93. The third-order valence-corrected chi connectivity index (χ3v) is 5.66. The highest BCUT2D eigenvalue weighted by molar-refractivity contribution is 9.10. The summed E-state index contributed by atoms with van der Waals surface area (Å²) in [6, 6.07) is 16.2. The topological polar surface area (TPSA) is 34.5 Å². The number of aromatic nitrogens is 1. The molecule has 1 amide bonds. The number of carbonyl (C=O) groups is 1. The number of benzene rings is 2. The monoisotopic (exact) mass is 398 g/mol. The van der Waals surface area contributed by atoms with Gasteiger partial charge in [0.25, 0.3) is 5.91 Å². The van der Waals surface area contributed by atoms with E-state index in [0.29, 0.717) is 12.3 Å². The van der Waals surface area contributed by atoms with Gasteiger partial charge in [-0.3, -0.25) is 4.79 Å². The maximum Gasteiger partial charge on any atom is 0.261 e. The van der Waals surface area contributed by atoms with E-state index in [0.717, 1.165) is 21.8 Å². The van der Waals surface area contributed by atoms with Crippen molar-refractivity contribution >= 4 is 32.6 Å². The molecule has 3 aromatic rings. The Morgan fingerprint density at radius 1 is 1.16 bits per heavy atom. The Kier molecular flexibility index (Phi) is 4.25. The third-order valence-electron chi connectivity index (χ3n) is 4.84. The van der Waals surface area contributed by atoms with Crippen molar-refractivity contribution in [3.8, 4) is 5.75 Å². The average molecular weight is 399 g/mol. The van der Waals surface area contributed by atoms with Crippen LogP contribution in [0.15, 0.2) is 59.2 Å². The summed E-state index contributed by atoms with van der Waals surface area (Å²) in [6.07, 6.45) is 2.07. The van der Waals surface area contributed by atoms with Crippen molar-refractivity contribution in [1.29, 1.82) is 0 Å². The van der Waals surface area contributed by atoms with Crippen molar-refractivity contribution in [2.45, 2.75) is 19.5 Å². The second-order valence-electron chi connectivity index (χ2n) is 6.28. The van der Waals surface area contributed by atoms with Crippen LogP contribution < -0.4 is 4.74 Å². The van der Waals surface area contributed by atoms with Crippen molar-refractivity contribution in [3.05, 3.63) is 64.9 Å². The van der Waals surface area contributed by atoms with Crippen LogP contribution in [0.25, 0.3) is 10.8 Å². The van der Waals surface area contributed by atoms with Gasteiger partial charge in [-0.2, -0.15) is 0 Å². The Labute approximate surface area is 155 Å². The first-order valence-corrected chi connectivity index (χ1v) is 9.19. The van der Waals surface area contributed by atoms with E-state index in [9.17, 15) is 4.79 Å². The van der Waals surface area contributed by atoms with Crippen LogP contribution in [-0.4, -0.2) is 28.5 Å². The quantitative estimate of drug-likeness (QED) is 0.655. The van der Waals surface area contributed by atoms with Gasteiger partial charge in [0.15, 0.2) is 6.61 Å². The van der Waals surface area contributed by atoms with Crippen molar-refractivity contribution in [1.82, 2.24) is 9.47 Å². The summed E-state index contributed by atoms with van der Waals surface area (Å²) in [7, 11) is 0. The SMILES string of the molecule is C[C@@H]1c2cccn2CCN1C(=O)COc1ccc2ccccc2c1Br. The fourth-order valence-corrected chi connectivity index (χ4v) is 4.07. The number of hydrogen-bond acceptors (Lipinski definition) is 2. The predicted octanol–water partition coefficient (Wildman–Crippen LogP) is 4.39. The van der Waals surface area contributed by atoms with Crippen LogP contribution in [0, 0.1) is 0 Å². The summed E-state index contributed by atoms with van der Waals surface area (Å²) in [5.41, 5.74) is 1.17. The molecule has 0 unspecified atom stereocenters. The first-order chi connectivity index (χ1) is 12.1. The molecule has 1 aromatic heterocycles. The Bertz CT molecular complexity index is 934. The number of carbonyl (C=O) groups excluding carboxylic acids is 1. The Balaban J connectivity index is 1.48. The minimum atomic E-state index is 0.0139. The second kappa shape index (κ2) is 6.56. The molecule has 0 N–H and O–H groups in total. The molecule has 25 heavy (non-hydrogen) atoms. The minimum Gasteiger partial charge on any atom is -0.483 e. The number of fused-ring (bicyclic) bond motifs is 2.